The van der Waals surface area contributed by atoms with Crippen LogP contribution in [0.5, 0.6) is 5.75 Å². The lowest BCUT2D eigenvalue weighted by Crippen LogP contribution is -2.03. The van der Waals surface area contributed by atoms with Gasteiger partial charge < -0.3 is 9.47 Å². The van der Waals surface area contributed by atoms with Crippen LogP contribution in [0.4, 0.5) is 0 Å². The molecule has 120 valence electrons. The maximum absolute atomic E-state index is 11.9. The summed E-state index contributed by atoms with van der Waals surface area (Å²) in [6, 6.07) is 25.1. The van der Waals surface area contributed by atoms with Gasteiger partial charge in [-0.25, -0.2) is 4.79 Å². The van der Waals surface area contributed by atoms with Crippen molar-refractivity contribution in [3.63, 3.8) is 0 Å². The number of hydrogen-bond acceptors (Lipinski definition) is 3. The molecule has 24 heavy (non-hydrogen) atoms. The average Bonchev–Trinajstić information content (AvgIpc) is 2.67. The first-order valence-electron chi connectivity index (χ1n) is 7.72. The molecule has 0 unspecified atom stereocenters. The summed E-state index contributed by atoms with van der Waals surface area (Å²) < 4.78 is 10.7. The molecule has 3 aromatic carbocycles. The molecule has 0 bridgehead atoms. The summed E-state index contributed by atoms with van der Waals surface area (Å²) in [4.78, 5) is 11.9. The summed E-state index contributed by atoms with van der Waals surface area (Å²) in [7, 11) is 1.39. The monoisotopic (exact) mass is 318 g/mol. The molecule has 3 heteroatoms. The van der Waals surface area contributed by atoms with Crippen molar-refractivity contribution in [2.45, 2.75) is 6.61 Å². The normalized spacial score (nSPS) is 10.2. The zero-order valence-electron chi connectivity index (χ0n) is 13.4. The number of esters is 1. The van der Waals surface area contributed by atoms with Crippen molar-refractivity contribution >= 4 is 5.97 Å². The van der Waals surface area contributed by atoms with Gasteiger partial charge in [0.05, 0.1) is 12.7 Å². The molecule has 3 rings (SSSR count). The van der Waals surface area contributed by atoms with E-state index in [-0.39, 0.29) is 5.97 Å². The Bertz CT molecular complexity index is 825. The van der Waals surface area contributed by atoms with Gasteiger partial charge in [0, 0.05) is 0 Å². The zero-order chi connectivity index (χ0) is 16.8. The van der Waals surface area contributed by atoms with E-state index >= 15 is 0 Å². The Morgan fingerprint density at radius 1 is 0.875 bits per heavy atom. The molecule has 0 aromatic heterocycles. The molecule has 0 N–H and O–H groups in total. The zero-order valence-corrected chi connectivity index (χ0v) is 13.4. The summed E-state index contributed by atoms with van der Waals surface area (Å²) >= 11 is 0. The van der Waals surface area contributed by atoms with E-state index in [1.807, 2.05) is 72.8 Å². The first-order valence-corrected chi connectivity index (χ1v) is 7.72. The fourth-order valence-corrected chi connectivity index (χ4v) is 2.52. The van der Waals surface area contributed by atoms with Gasteiger partial charge in [-0.2, -0.15) is 0 Å². The molecule has 0 aliphatic rings. The van der Waals surface area contributed by atoms with Crippen LogP contribution in [-0.2, 0) is 11.3 Å². The number of hydrogen-bond donors (Lipinski definition) is 0. The number of rotatable bonds is 5. The summed E-state index contributed by atoms with van der Waals surface area (Å²) in [6.45, 7) is 0.503. The predicted molar refractivity (Wildman–Crippen MR) is 94.0 cm³/mol. The molecule has 0 radical (unpaired) electrons. The minimum absolute atomic E-state index is 0.346. The minimum Gasteiger partial charge on any atom is -0.489 e. The molecule has 3 nitrogen and oxygen atoms in total. The quantitative estimate of drug-likeness (QED) is 0.639. The smallest absolute Gasteiger partial charge is 0.338 e. The van der Waals surface area contributed by atoms with Crippen LogP contribution in [0.1, 0.15) is 15.9 Å². The van der Waals surface area contributed by atoms with E-state index in [1.54, 1.807) is 6.07 Å². The third-order valence-corrected chi connectivity index (χ3v) is 3.73. The first-order chi connectivity index (χ1) is 11.8. The van der Waals surface area contributed by atoms with E-state index in [0.29, 0.717) is 12.2 Å². The Labute approximate surface area is 141 Å². The Balaban J connectivity index is 1.85. The van der Waals surface area contributed by atoms with Crippen molar-refractivity contribution in [2.75, 3.05) is 7.11 Å². The third kappa shape index (κ3) is 3.63. The molecular formula is C21H18O3. The summed E-state index contributed by atoms with van der Waals surface area (Å²) in [5, 5.41) is 0. The van der Waals surface area contributed by atoms with Gasteiger partial charge in [0.25, 0.3) is 0 Å². The molecule has 0 aliphatic carbocycles. The van der Waals surface area contributed by atoms with Crippen molar-refractivity contribution in [3.8, 4) is 16.9 Å². The van der Waals surface area contributed by atoms with Crippen LogP contribution in [-0.4, -0.2) is 13.1 Å². The van der Waals surface area contributed by atoms with Gasteiger partial charge in [-0.1, -0.05) is 60.7 Å². The van der Waals surface area contributed by atoms with Gasteiger partial charge in [0.2, 0.25) is 0 Å². The molecule has 3 aromatic rings. The summed E-state index contributed by atoms with van der Waals surface area (Å²) in [5.41, 5.74) is 3.40. The van der Waals surface area contributed by atoms with Gasteiger partial charge in [0.15, 0.2) is 0 Å². The SMILES string of the molecule is COC(=O)c1ccccc1-c1cccc(OCc2ccccc2)c1. The molecule has 0 spiro atoms. The highest BCUT2D eigenvalue weighted by atomic mass is 16.5. The summed E-state index contributed by atoms with van der Waals surface area (Å²) in [6.07, 6.45) is 0. The number of carbonyl (C=O) groups is 1. The first kappa shape index (κ1) is 15.8. The molecule has 0 fully saturated rings. The van der Waals surface area contributed by atoms with Crippen LogP contribution in [0.15, 0.2) is 78.9 Å². The molecule has 0 atom stereocenters. The van der Waals surface area contributed by atoms with Gasteiger partial charge in [0.1, 0.15) is 12.4 Å². The van der Waals surface area contributed by atoms with E-state index in [1.165, 1.54) is 7.11 Å². The van der Waals surface area contributed by atoms with Crippen molar-refractivity contribution in [1.82, 2.24) is 0 Å². The molecule has 0 amide bonds. The standard InChI is InChI=1S/C21H18O3/c1-23-21(22)20-13-6-5-12-19(20)17-10-7-11-18(14-17)24-15-16-8-3-2-4-9-16/h2-14H,15H2,1H3. The largest absolute Gasteiger partial charge is 0.489 e. The van der Waals surface area contributed by atoms with Crippen LogP contribution in [0.25, 0.3) is 11.1 Å². The highest BCUT2D eigenvalue weighted by molar-refractivity contribution is 5.97. The Morgan fingerprint density at radius 3 is 2.42 bits per heavy atom. The van der Waals surface area contributed by atoms with Gasteiger partial charge in [-0.05, 0) is 34.9 Å². The van der Waals surface area contributed by atoms with Crippen molar-refractivity contribution in [2.24, 2.45) is 0 Å². The molecule has 0 aliphatic heterocycles. The minimum atomic E-state index is -0.346. The average molecular weight is 318 g/mol. The second kappa shape index (κ2) is 7.47. The fraction of sp³-hybridized carbons (Fsp3) is 0.0952. The molecule has 0 saturated heterocycles. The Kier molecular flexibility index (Phi) is 4.92. The molecular weight excluding hydrogens is 300 g/mol. The Hall–Kier alpha value is -3.07. The van der Waals surface area contributed by atoms with E-state index < -0.39 is 0 Å². The van der Waals surface area contributed by atoms with Crippen LogP contribution < -0.4 is 4.74 Å². The maximum Gasteiger partial charge on any atom is 0.338 e. The number of carbonyl (C=O) groups excluding carboxylic acids is 1. The van der Waals surface area contributed by atoms with Crippen molar-refractivity contribution in [3.05, 3.63) is 90.0 Å². The summed E-state index contributed by atoms with van der Waals surface area (Å²) in [5.74, 6) is 0.414. The number of ether oxygens (including phenoxy) is 2. The van der Waals surface area contributed by atoms with E-state index in [0.717, 1.165) is 22.4 Å². The van der Waals surface area contributed by atoms with Crippen molar-refractivity contribution in [1.29, 1.82) is 0 Å². The lowest BCUT2D eigenvalue weighted by atomic mass is 9.99. The van der Waals surface area contributed by atoms with Crippen LogP contribution in [0, 0.1) is 0 Å². The second-order valence-electron chi connectivity index (χ2n) is 5.34. The van der Waals surface area contributed by atoms with Crippen molar-refractivity contribution < 1.29 is 14.3 Å². The highest BCUT2D eigenvalue weighted by Crippen LogP contribution is 2.27. The highest BCUT2D eigenvalue weighted by Gasteiger charge is 2.12. The Morgan fingerprint density at radius 2 is 1.62 bits per heavy atom. The fourth-order valence-electron chi connectivity index (χ4n) is 2.52. The molecule has 0 saturated carbocycles. The number of benzene rings is 3. The van der Waals surface area contributed by atoms with E-state index in [4.69, 9.17) is 9.47 Å². The second-order valence-corrected chi connectivity index (χ2v) is 5.34. The van der Waals surface area contributed by atoms with Gasteiger partial charge >= 0.3 is 5.97 Å². The predicted octanol–water partition coefficient (Wildman–Crippen LogP) is 4.72. The maximum atomic E-state index is 11.9. The van der Waals surface area contributed by atoms with E-state index in [2.05, 4.69) is 0 Å². The van der Waals surface area contributed by atoms with Crippen LogP contribution in [0.2, 0.25) is 0 Å². The molecule has 0 heterocycles. The van der Waals surface area contributed by atoms with Crippen LogP contribution in [0.3, 0.4) is 0 Å². The number of methoxy groups -OCH3 is 1. The lowest BCUT2D eigenvalue weighted by Gasteiger charge is -2.11. The lowest BCUT2D eigenvalue weighted by molar-refractivity contribution is 0.0601. The van der Waals surface area contributed by atoms with Gasteiger partial charge in [-0.15, -0.1) is 0 Å². The van der Waals surface area contributed by atoms with Crippen LogP contribution >= 0.6 is 0 Å². The topological polar surface area (TPSA) is 35.5 Å². The van der Waals surface area contributed by atoms with E-state index in [9.17, 15) is 4.79 Å². The van der Waals surface area contributed by atoms with Gasteiger partial charge in [-0.3, -0.25) is 0 Å². The third-order valence-electron chi connectivity index (χ3n) is 3.73.